The fourth-order valence-corrected chi connectivity index (χ4v) is 4.12. The topological polar surface area (TPSA) is 111 Å². The molecule has 5 aromatic rings. The molecular formula is C31H35N7O. The number of nitrogen functional groups attached to an aromatic ring is 1. The van der Waals surface area contributed by atoms with Crippen molar-refractivity contribution in [3.8, 4) is 17.1 Å². The molecule has 0 radical (unpaired) electrons. The zero-order valence-corrected chi connectivity index (χ0v) is 23.1. The number of benzene rings is 2. The number of carbonyl (C=O) groups is 1. The number of rotatable bonds is 5. The Balaban J connectivity index is 0.00000172. The minimum Gasteiger partial charge on any atom is -0.383 e. The Morgan fingerprint density at radius 3 is 2.23 bits per heavy atom. The summed E-state index contributed by atoms with van der Waals surface area (Å²) in [6.45, 7) is 10.9. The van der Waals surface area contributed by atoms with E-state index in [-0.39, 0.29) is 11.4 Å². The van der Waals surface area contributed by atoms with Crippen molar-refractivity contribution in [2.24, 2.45) is 0 Å². The molecule has 0 fully saturated rings. The summed E-state index contributed by atoms with van der Waals surface area (Å²) < 4.78 is 1.97. The predicted molar refractivity (Wildman–Crippen MR) is 159 cm³/mol. The van der Waals surface area contributed by atoms with E-state index in [1.54, 1.807) is 12.4 Å². The Morgan fingerprint density at radius 1 is 0.897 bits per heavy atom. The maximum absolute atomic E-state index is 12.4. The van der Waals surface area contributed by atoms with Crippen molar-refractivity contribution in [2.75, 3.05) is 11.1 Å². The van der Waals surface area contributed by atoms with Crippen molar-refractivity contribution < 1.29 is 4.79 Å². The van der Waals surface area contributed by atoms with E-state index >= 15 is 0 Å². The summed E-state index contributed by atoms with van der Waals surface area (Å²) in [6, 6.07) is 23.1. The highest BCUT2D eigenvalue weighted by Gasteiger charge is 2.17. The molecule has 5 rings (SSSR count). The van der Waals surface area contributed by atoms with Crippen LogP contribution in [0.15, 0.2) is 85.2 Å². The summed E-state index contributed by atoms with van der Waals surface area (Å²) in [5.74, 6) is 1.07. The zero-order valence-electron chi connectivity index (χ0n) is 23.1. The smallest absolute Gasteiger partial charge is 0.319 e. The lowest BCUT2D eigenvalue weighted by atomic mass is 9.87. The van der Waals surface area contributed by atoms with Crippen LogP contribution in [0.25, 0.3) is 28.2 Å². The van der Waals surface area contributed by atoms with Crippen LogP contribution in [0, 0.1) is 0 Å². The third kappa shape index (κ3) is 6.23. The quantitative estimate of drug-likeness (QED) is 0.238. The van der Waals surface area contributed by atoms with Gasteiger partial charge in [0, 0.05) is 30.3 Å². The monoisotopic (exact) mass is 521 g/mol. The van der Waals surface area contributed by atoms with Crippen LogP contribution in [0.1, 0.15) is 45.7 Å². The van der Waals surface area contributed by atoms with E-state index in [4.69, 9.17) is 10.7 Å². The number of hydrogen-bond acceptors (Lipinski definition) is 5. The molecule has 8 heteroatoms. The average molecular weight is 522 g/mol. The highest BCUT2D eigenvalue weighted by atomic mass is 16.2. The summed E-state index contributed by atoms with van der Waals surface area (Å²) in [6.07, 6.45) is 3.40. The Morgan fingerprint density at radius 2 is 1.56 bits per heavy atom. The fourth-order valence-electron chi connectivity index (χ4n) is 4.12. The van der Waals surface area contributed by atoms with E-state index < -0.39 is 0 Å². The Bertz CT molecular complexity index is 1550. The number of pyridine rings is 2. The molecule has 0 bridgehead atoms. The molecule has 4 N–H and O–H groups in total. The maximum atomic E-state index is 12.4. The largest absolute Gasteiger partial charge is 0.383 e. The normalized spacial score (nSPS) is 11.0. The minimum atomic E-state index is -0.258. The van der Waals surface area contributed by atoms with E-state index in [1.807, 2.05) is 91.2 Å². The fraction of sp³-hybridized carbons (Fsp3) is 0.226. The molecule has 39 heavy (non-hydrogen) atoms. The van der Waals surface area contributed by atoms with Crippen molar-refractivity contribution in [2.45, 2.75) is 46.6 Å². The van der Waals surface area contributed by atoms with Gasteiger partial charge in [0.15, 0.2) is 11.5 Å². The van der Waals surface area contributed by atoms with Gasteiger partial charge >= 0.3 is 6.03 Å². The third-order valence-electron chi connectivity index (χ3n) is 6.15. The first-order valence-corrected chi connectivity index (χ1v) is 13.1. The van der Waals surface area contributed by atoms with Crippen LogP contribution in [0.3, 0.4) is 0 Å². The standard InChI is InChI=1S/C29H29N7O.C2H6/c1-29(2,3)20-10-12-21(13-11-20)34-28(37)33-18-19-8-14-22(15-9-19)36-26(23-6-4-16-31-25(23)30)35-24-7-5-17-32-27(24)36;1-2/h4-17H,18H2,1-3H3,(H2,30,31)(H2,33,34,37);1-2H3. The van der Waals surface area contributed by atoms with Gasteiger partial charge in [0.05, 0.1) is 5.56 Å². The number of urea groups is 1. The molecule has 8 nitrogen and oxygen atoms in total. The molecule has 0 unspecified atom stereocenters. The Hall–Kier alpha value is -4.72. The molecule has 0 spiro atoms. The second kappa shape index (κ2) is 11.8. The SMILES string of the molecule is CC.CC(C)(C)c1ccc(NC(=O)NCc2ccc(-n3c(-c4cccnc4N)nc4cccnc43)cc2)cc1. The first kappa shape index (κ1) is 27.3. The van der Waals surface area contributed by atoms with Crippen LogP contribution in [-0.4, -0.2) is 25.6 Å². The van der Waals surface area contributed by atoms with Crippen molar-refractivity contribution in [3.63, 3.8) is 0 Å². The number of nitrogens with one attached hydrogen (secondary N) is 2. The minimum absolute atomic E-state index is 0.0668. The summed E-state index contributed by atoms with van der Waals surface area (Å²) in [5, 5.41) is 5.80. The maximum Gasteiger partial charge on any atom is 0.319 e. The molecule has 2 amide bonds. The van der Waals surface area contributed by atoms with Gasteiger partial charge in [-0.1, -0.05) is 58.9 Å². The first-order valence-electron chi connectivity index (χ1n) is 13.1. The van der Waals surface area contributed by atoms with Crippen LogP contribution >= 0.6 is 0 Å². The van der Waals surface area contributed by atoms with Gasteiger partial charge in [0.1, 0.15) is 11.3 Å². The lowest BCUT2D eigenvalue weighted by Gasteiger charge is -2.19. The molecule has 0 aliphatic rings. The zero-order chi connectivity index (χ0) is 28.0. The van der Waals surface area contributed by atoms with Gasteiger partial charge < -0.3 is 16.4 Å². The van der Waals surface area contributed by atoms with Crippen LogP contribution in [0.5, 0.6) is 0 Å². The number of fused-ring (bicyclic) bond motifs is 1. The van der Waals surface area contributed by atoms with Crippen molar-refractivity contribution in [1.29, 1.82) is 0 Å². The van der Waals surface area contributed by atoms with Crippen molar-refractivity contribution >= 4 is 28.7 Å². The molecule has 0 saturated heterocycles. The van der Waals surface area contributed by atoms with Gasteiger partial charge in [0.2, 0.25) is 0 Å². The van der Waals surface area contributed by atoms with E-state index in [9.17, 15) is 4.79 Å². The summed E-state index contributed by atoms with van der Waals surface area (Å²) >= 11 is 0. The lowest BCUT2D eigenvalue weighted by molar-refractivity contribution is 0.251. The Kier molecular flexibility index (Phi) is 8.24. The highest BCUT2D eigenvalue weighted by molar-refractivity contribution is 5.89. The molecule has 0 saturated carbocycles. The summed E-state index contributed by atoms with van der Waals surface area (Å²) in [7, 11) is 0. The van der Waals surface area contributed by atoms with Gasteiger partial charge in [-0.05, 0) is 65.1 Å². The molecule has 0 atom stereocenters. The molecule has 3 aromatic heterocycles. The van der Waals surface area contributed by atoms with E-state index in [0.717, 1.165) is 33.7 Å². The van der Waals surface area contributed by atoms with Gasteiger partial charge in [-0.15, -0.1) is 0 Å². The van der Waals surface area contributed by atoms with Crippen LogP contribution in [-0.2, 0) is 12.0 Å². The number of imidazole rings is 1. The molecule has 0 aliphatic carbocycles. The number of carbonyl (C=O) groups excluding carboxylic acids is 1. The van der Waals surface area contributed by atoms with E-state index in [1.165, 1.54) is 5.56 Å². The average Bonchev–Trinajstić information content (AvgIpc) is 3.33. The van der Waals surface area contributed by atoms with Gasteiger partial charge in [-0.2, -0.15) is 0 Å². The third-order valence-corrected chi connectivity index (χ3v) is 6.15. The number of hydrogen-bond donors (Lipinski definition) is 3. The lowest BCUT2D eigenvalue weighted by Crippen LogP contribution is -2.28. The summed E-state index contributed by atoms with van der Waals surface area (Å²) in [4.78, 5) is 26.0. The van der Waals surface area contributed by atoms with Crippen LogP contribution in [0.2, 0.25) is 0 Å². The van der Waals surface area contributed by atoms with Crippen LogP contribution in [0.4, 0.5) is 16.3 Å². The first-order chi connectivity index (χ1) is 18.8. The molecule has 3 heterocycles. The molecule has 200 valence electrons. The number of aromatic nitrogens is 4. The van der Waals surface area contributed by atoms with Gasteiger partial charge in [-0.25, -0.2) is 19.7 Å². The second-order valence-corrected chi connectivity index (χ2v) is 9.85. The highest BCUT2D eigenvalue weighted by Crippen LogP contribution is 2.30. The van der Waals surface area contributed by atoms with Crippen molar-refractivity contribution in [1.82, 2.24) is 24.8 Å². The number of anilines is 2. The van der Waals surface area contributed by atoms with Crippen LogP contribution < -0.4 is 16.4 Å². The van der Waals surface area contributed by atoms with E-state index in [0.29, 0.717) is 18.2 Å². The molecular weight excluding hydrogens is 486 g/mol. The molecule has 0 aliphatic heterocycles. The number of nitrogens with two attached hydrogens (primary N) is 1. The summed E-state index contributed by atoms with van der Waals surface area (Å²) in [5.41, 5.74) is 12.3. The van der Waals surface area contributed by atoms with Crippen molar-refractivity contribution in [3.05, 3.63) is 96.3 Å². The predicted octanol–water partition coefficient (Wildman–Crippen LogP) is 6.71. The number of nitrogens with zero attached hydrogens (tertiary/aromatic N) is 4. The Labute approximate surface area is 229 Å². The van der Waals surface area contributed by atoms with Gasteiger partial charge in [-0.3, -0.25) is 4.57 Å². The second-order valence-electron chi connectivity index (χ2n) is 9.85. The number of amides is 2. The molecule has 2 aromatic carbocycles. The van der Waals surface area contributed by atoms with Gasteiger partial charge in [0.25, 0.3) is 0 Å². The van der Waals surface area contributed by atoms with E-state index in [2.05, 4.69) is 41.4 Å².